The zero-order valence-electron chi connectivity index (χ0n) is 12.0. The van der Waals surface area contributed by atoms with Crippen LogP contribution in [-0.4, -0.2) is 16.7 Å². The molecule has 0 aliphatic rings. The molecule has 1 aromatic carbocycles. The third-order valence-corrected chi connectivity index (χ3v) is 2.43. The van der Waals surface area contributed by atoms with Crippen molar-refractivity contribution in [2.75, 3.05) is 0 Å². The van der Waals surface area contributed by atoms with E-state index in [1.54, 1.807) is 12.1 Å². The van der Waals surface area contributed by atoms with Crippen LogP contribution in [-0.2, 0) is 10.2 Å². The highest BCUT2D eigenvalue weighted by Gasteiger charge is 2.25. The molecule has 1 aromatic rings. The number of carbonyl (C=O) groups is 1. The number of carbonyl (C=O) groups excluding carboxylic acids is 1. The number of hydrogen-bond donors (Lipinski definition) is 1. The molecule has 0 fully saturated rings. The van der Waals surface area contributed by atoms with Gasteiger partial charge in [0.15, 0.2) is 0 Å². The molecule has 0 amide bonds. The Balaban J connectivity index is 3.22. The van der Waals surface area contributed by atoms with Crippen molar-refractivity contribution in [3.05, 3.63) is 29.3 Å². The number of aromatic hydroxyl groups is 1. The van der Waals surface area contributed by atoms with Gasteiger partial charge in [0.25, 0.3) is 0 Å². The third-order valence-electron chi connectivity index (χ3n) is 2.43. The summed E-state index contributed by atoms with van der Waals surface area (Å²) in [6, 6.07) is 4.83. The van der Waals surface area contributed by atoms with Crippen molar-refractivity contribution in [3.63, 3.8) is 0 Å². The van der Waals surface area contributed by atoms with E-state index < -0.39 is 11.6 Å². The second-order valence-electron chi connectivity index (χ2n) is 6.48. The van der Waals surface area contributed by atoms with Crippen molar-refractivity contribution in [3.8, 4) is 5.75 Å². The minimum Gasteiger partial charge on any atom is -0.508 e. The molecule has 0 atom stereocenters. The van der Waals surface area contributed by atoms with E-state index in [4.69, 9.17) is 4.74 Å². The van der Waals surface area contributed by atoms with Gasteiger partial charge < -0.3 is 9.84 Å². The van der Waals surface area contributed by atoms with E-state index in [9.17, 15) is 9.90 Å². The molecule has 1 N–H and O–H groups in total. The van der Waals surface area contributed by atoms with Gasteiger partial charge in [-0.3, -0.25) is 0 Å². The Kier molecular flexibility index (Phi) is 3.75. The standard InChI is InChI=1S/C15H22O3/c1-14(2,3)12-8-7-10(16)9-11(12)13(17)18-15(4,5)6/h7-9,16H,1-6H3. The minimum absolute atomic E-state index is 0.0730. The third kappa shape index (κ3) is 3.76. The Bertz CT molecular complexity index is 448. The van der Waals surface area contributed by atoms with Gasteiger partial charge in [0.2, 0.25) is 0 Å². The summed E-state index contributed by atoms with van der Waals surface area (Å²) in [7, 11) is 0. The second-order valence-corrected chi connectivity index (χ2v) is 6.48. The molecule has 0 aliphatic carbocycles. The van der Waals surface area contributed by atoms with E-state index in [1.807, 2.05) is 41.5 Å². The van der Waals surface area contributed by atoms with E-state index in [-0.39, 0.29) is 11.2 Å². The first-order valence-electron chi connectivity index (χ1n) is 6.07. The van der Waals surface area contributed by atoms with Crippen molar-refractivity contribution in [1.82, 2.24) is 0 Å². The molecule has 3 nitrogen and oxygen atoms in total. The van der Waals surface area contributed by atoms with Gasteiger partial charge in [-0.1, -0.05) is 26.8 Å². The zero-order chi connectivity index (χ0) is 14.1. The molecule has 18 heavy (non-hydrogen) atoms. The summed E-state index contributed by atoms with van der Waals surface area (Å²) in [5.74, 6) is -0.327. The molecule has 0 radical (unpaired) electrons. The van der Waals surface area contributed by atoms with Crippen LogP contribution in [0, 0.1) is 0 Å². The minimum atomic E-state index is -0.544. The number of hydrogen-bond acceptors (Lipinski definition) is 3. The molecular formula is C15H22O3. The van der Waals surface area contributed by atoms with Gasteiger partial charge in [-0.25, -0.2) is 4.79 Å². The molecule has 0 saturated carbocycles. The monoisotopic (exact) mass is 250 g/mol. The number of ether oxygens (including phenoxy) is 1. The van der Waals surface area contributed by atoms with Crippen LogP contribution in [0.5, 0.6) is 5.75 Å². The lowest BCUT2D eigenvalue weighted by atomic mass is 9.83. The molecular weight excluding hydrogens is 228 g/mol. The Morgan fingerprint density at radius 3 is 2.11 bits per heavy atom. The molecule has 3 heteroatoms. The summed E-state index contributed by atoms with van der Waals surface area (Å²) in [5, 5.41) is 9.54. The van der Waals surface area contributed by atoms with Gasteiger partial charge in [-0.05, 0) is 43.9 Å². The lowest BCUT2D eigenvalue weighted by molar-refractivity contribution is 0.00665. The molecule has 0 unspecified atom stereocenters. The summed E-state index contributed by atoms with van der Waals surface area (Å²) >= 11 is 0. The maximum absolute atomic E-state index is 12.1. The Morgan fingerprint density at radius 2 is 1.67 bits per heavy atom. The van der Waals surface area contributed by atoms with Gasteiger partial charge in [0, 0.05) is 0 Å². The maximum Gasteiger partial charge on any atom is 0.339 e. The van der Waals surface area contributed by atoms with Crippen LogP contribution >= 0.6 is 0 Å². The normalized spacial score (nSPS) is 12.3. The van der Waals surface area contributed by atoms with Crippen LogP contribution in [0.25, 0.3) is 0 Å². The first-order valence-corrected chi connectivity index (χ1v) is 6.07. The Morgan fingerprint density at radius 1 is 1.11 bits per heavy atom. The summed E-state index contributed by atoms with van der Waals surface area (Å²) in [6.45, 7) is 11.5. The van der Waals surface area contributed by atoms with Crippen molar-refractivity contribution in [2.24, 2.45) is 0 Å². The van der Waals surface area contributed by atoms with E-state index >= 15 is 0 Å². The number of benzene rings is 1. The first-order chi connectivity index (χ1) is 8.00. The quantitative estimate of drug-likeness (QED) is 0.774. The highest BCUT2D eigenvalue weighted by molar-refractivity contribution is 5.92. The van der Waals surface area contributed by atoms with Crippen LogP contribution in [0.15, 0.2) is 18.2 Å². The fourth-order valence-corrected chi connectivity index (χ4v) is 1.69. The van der Waals surface area contributed by atoms with E-state index in [0.717, 1.165) is 5.56 Å². The van der Waals surface area contributed by atoms with Gasteiger partial charge in [0.1, 0.15) is 11.4 Å². The smallest absolute Gasteiger partial charge is 0.339 e. The average molecular weight is 250 g/mol. The van der Waals surface area contributed by atoms with E-state index in [2.05, 4.69) is 0 Å². The number of rotatable bonds is 1. The number of phenols is 1. The molecule has 0 saturated heterocycles. The predicted molar refractivity (Wildman–Crippen MR) is 72.0 cm³/mol. The van der Waals surface area contributed by atoms with E-state index in [0.29, 0.717) is 5.56 Å². The van der Waals surface area contributed by atoms with Crippen molar-refractivity contribution < 1.29 is 14.6 Å². The van der Waals surface area contributed by atoms with Crippen LogP contribution in [0.1, 0.15) is 57.5 Å². The second kappa shape index (κ2) is 4.63. The molecule has 0 spiro atoms. The van der Waals surface area contributed by atoms with Crippen molar-refractivity contribution >= 4 is 5.97 Å². The molecule has 1 rings (SSSR count). The van der Waals surface area contributed by atoms with Crippen LogP contribution in [0.3, 0.4) is 0 Å². The fourth-order valence-electron chi connectivity index (χ4n) is 1.69. The molecule has 0 heterocycles. The fraction of sp³-hybridized carbons (Fsp3) is 0.533. The van der Waals surface area contributed by atoms with Crippen molar-refractivity contribution in [1.29, 1.82) is 0 Å². The number of phenolic OH excluding ortho intramolecular Hbond substituents is 1. The summed E-state index contributed by atoms with van der Waals surface area (Å²) in [6.07, 6.45) is 0. The Labute approximate surface area is 109 Å². The summed E-state index contributed by atoms with van der Waals surface area (Å²) in [4.78, 5) is 12.1. The largest absolute Gasteiger partial charge is 0.508 e. The molecule has 0 bridgehead atoms. The average Bonchev–Trinajstić information content (AvgIpc) is 2.12. The highest BCUT2D eigenvalue weighted by Crippen LogP contribution is 2.29. The topological polar surface area (TPSA) is 46.5 Å². The zero-order valence-corrected chi connectivity index (χ0v) is 12.0. The molecule has 100 valence electrons. The maximum atomic E-state index is 12.1. The van der Waals surface area contributed by atoms with Crippen LogP contribution in [0.4, 0.5) is 0 Å². The van der Waals surface area contributed by atoms with Gasteiger partial charge >= 0.3 is 5.97 Å². The first kappa shape index (κ1) is 14.6. The van der Waals surface area contributed by atoms with Gasteiger partial charge in [0.05, 0.1) is 5.56 Å². The Hall–Kier alpha value is -1.51. The molecule has 0 aliphatic heterocycles. The van der Waals surface area contributed by atoms with Gasteiger partial charge in [-0.15, -0.1) is 0 Å². The number of esters is 1. The van der Waals surface area contributed by atoms with Gasteiger partial charge in [-0.2, -0.15) is 0 Å². The highest BCUT2D eigenvalue weighted by atomic mass is 16.6. The lowest BCUT2D eigenvalue weighted by Crippen LogP contribution is -2.26. The van der Waals surface area contributed by atoms with Crippen LogP contribution in [0.2, 0.25) is 0 Å². The SMILES string of the molecule is CC(C)(C)OC(=O)c1cc(O)ccc1C(C)(C)C. The van der Waals surface area contributed by atoms with Crippen LogP contribution < -0.4 is 0 Å². The predicted octanol–water partition coefficient (Wildman–Crippen LogP) is 3.65. The van der Waals surface area contributed by atoms with E-state index in [1.165, 1.54) is 6.07 Å². The lowest BCUT2D eigenvalue weighted by Gasteiger charge is -2.25. The molecule has 0 aromatic heterocycles. The summed E-state index contributed by atoms with van der Waals surface area (Å²) < 4.78 is 5.36. The summed E-state index contributed by atoms with van der Waals surface area (Å²) in [5.41, 5.74) is 0.574. The van der Waals surface area contributed by atoms with Crippen molar-refractivity contribution in [2.45, 2.75) is 52.6 Å².